The maximum absolute atomic E-state index is 12.9. The molecule has 0 bridgehead atoms. The maximum atomic E-state index is 12.9. The van der Waals surface area contributed by atoms with Crippen LogP contribution >= 0.6 is 0 Å². The van der Waals surface area contributed by atoms with Gasteiger partial charge in [0.1, 0.15) is 19.3 Å². The lowest BCUT2D eigenvalue weighted by atomic mass is 9.88. The van der Waals surface area contributed by atoms with Crippen LogP contribution in [-0.4, -0.2) is 32.2 Å². The number of nitrogens with one attached hydrogen (secondary N) is 2. The fraction of sp³-hybridized carbons (Fsp3) is 0.458. The summed E-state index contributed by atoms with van der Waals surface area (Å²) in [4.78, 5) is 14.3. The van der Waals surface area contributed by atoms with Crippen molar-refractivity contribution >= 4 is 5.91 Å². The zero-order valence-corrected chi connectivity index (χ0v) is 16.8. The van der Waals surface area contributed by atoms with Gasteiger partial charge < -0.3 is 19.7 Å². The third-order valence-electron chi connectivity index (χ3n) is 6.54. The van der Waals surface area contributed by atoms with Gasteiger partial charge in [-0.25, -0.2) is 0 Å². The summed E-state index contributed by atoms with van der Waals surface area (Å²) in [5, 5.41) is 3.32. The van der Waals surface area contributed by atoms with Gasteiger partial charge in [0.25, 0.3) is 5.91 Å². The van der Waals surface area contributed by atoms with Crippen molar-refractivity contribution in [3.8, 4) is 11.5 Å². The molecule has 2 N–H and O–H groups in total. The summed E-state index contributed by atoms with van der Waals surface area (Å²) >= 11 is 0. The van der Waals surface area contributed by atoms with E-state index in [9.17, 15) is 4.79 Å². The van der Waals surface area contributed by atoms with Crippen LogP contribution in [0.1, 0.15) is 54.5 Å². The summed E-state index contributed by atoms with van der Waals surface area (Å²) in [5.41, 5.74) is 3.93. The Morgan fingerprint density at radius 3 is 2.83 bits per heavy atom. The summed E-state index contributed by atoms with van der Waals surface area (Å²) in [6.07, 6.45) is 5.54. The predicted octanol–water partition coefficient (Wildman–Crippen LogP) is 2.37. The molecule has 1 unspecified atom stereocenters. The number of amides is 1. The summed E-state index contributed by atoms with van der Waals surface area (Å²) in [6.45, 7) is 2.77. The smallest absolute Gasteiger partial charge is 0.275 e. The average Bonchev–Trinajstić information content (AvgIpc) is 3.21. The second-order valence-corrected chi connectivity index (χ2v) is 8.39. The Morgan fingerprint density at radius 2 is 1.90 bits per heavy atom. The Hall–Kier alpha value is -2.53. The molecule has 1 fully saturated rings. The molecule has 3 aliphatic rings. The second kappa shape index (κ2) is 8.07. The minimum atomic E-state index is 0.155. The number of likely N-dealkylation sites (tertiary alicyclic amines) is 1. The number of aryl methyl sites for hydroxylation is 1. The Morgan fingerprint density at radius 1 is 1.03 bits per heavy atom. The molecule has 3 atom stereocenters. The Labute approximate surface area is 172 Å². The number of hydrogen-bond donors (Lipinski definition) is 2. The highest BCUT2D eigenvalue weighted by Gasteiger charge is 2.33. The van der Waals surface area contributed by atoms with Crippen LogP contribution in [0.25, 0.3) is 0 Å². The van der Waals surface area contributed by atoms with Gasteiger partial charge in [-0.3, -0.25) is 4.79 Å². The molecule has 2 aromatic carbocycles. The maximum Gasteiger partial charge on any atom is 0.275 e. The fourth-order valence-corrected chi connectivity index (χ4v) is 5.16. The van der Waals surface area contributed by atoms with Crippen LogP contribution in [0, 0.1) is 0 Å². The molecule has 0 radical (unpaired) electrons. The van der Waals surface area contributed by atoms with Gasteiger partial charge in [-0.05, 0) is 48.6 Å². The Kier molecular flexibility index (Phi) is 5.15. The number of hydrogen-bond acceptors (Lipinski definition) is 3. The standard InChI is InChI=1S/C24H28N2O3/c27-24(25-20-8-3-6-17-5-1-2-7-19(17)20)16-26-12-4-9-21(26)18-10-11-22-23(15-18)29-14-13-28-22/h1-2,5,7,10-11,15,20-21H,3-4,6,8-9,12-14,16H2,(H,25,27)/p+1/t20-,21-/m1/s1. The number of fused-ring (bicyclic) bond motifs is 2. The first kappa shape index (κ1) is 18.5. The lowest BCUT2D eigenvalue weighted by Crippen LogP contribution is -3.11. The molecular formula is C24H29N2O3+. The van der Waals surface area contributed by atoms with Gasteiger partial charge in [0, 0.05) is 18.4 Å². The van der Waals surface area contributed by atoms with Crippen LogP contribution in [0.2, 0.25) is 0 Å². The van der Waals surface area contributed by atoms with Crippen molar-refractivity contribution in [3.63, 3.8) is 0 Å². The third kappa shape index (κ3) is 3.84. The molecule has 2 aromatic rings. The van der Waals surface area contributed by atoms with E-state index in [2.05, 4.69) is 41.7 Å². The van der Waals surface area contributed by atoms with Crippen molar-refractivity contribution in [1.82, 2.24) is 5.32 Å². The minimum absolute atomic E-state index is 0.155. The Bertz CT molecular complexity index is 897. The van der Waals surface area contributed by atoms with Gasteiger partial charge in [0.05, 0.1) is 12.6 Å². The molecule has 0 saturated carbocycles. The van der Waals surface area contributed by atoms with Gasteiger partial charge in [-0.15, -0.1) is 0 Å². The zero-order chi connectivity index (χ0) is 19.6. The van der Waals surface area contributed by atoms with Gasteiger partial charge in [0.2, 0.25) is 0 Å². The van der Waals surface area contributed by atoms with Gasteiger partial charge in [-0.1, -0.05) is 24.3 Å². The van der Waals surface area contributed by atoms with E-state index in [1.165, 1.54) is 21.6 Å². The number of carbonyl (C=O) groups is 1. The van der Waals surface area contributed by atoms with Crippen LogP contribution in [0.4, 0.5) is 0 Å². The number of quaternary nitrogens is 1. The predicted molar refractivity (Wildman–Crippen MR) is 110 cm³/mol. The third-order valence-corrected chi connectivity index (χ3v) is 6.54. The molecular weight excluding hydrogens is 364 g/mol. The van der Waals surface area contributed by atoms with E-state index < -0.39 is 0 Å². The fourth-order valence-electron chi connectivity index (χ4n) is 5.16. The first-order chi connectivity index (χ1) is 14.3. The monoisotopic (exact) mass is 393 g/mol. The Balaban J connectivity index is 1.26. The summed E-state index contributed by atoms with van der Waals surface area (Å²) in [7, 11) is 0. The molecule has 1 aliphatic carbocycles. The average molecular weight is 394 g/mol. The lowest BCUT2D eigenvalue weighted by molar-refractivity contribution is -0.910. The van der Waals surface area contributed by atoms with Gasteiger partial charge >= 0.3 is 0 Å². The lowest BCUT2D eigenvalue weighted by Gasteiger charge is -2.28. The number of rotatable bonds is 4. The largest absolute Gasteiger partial charge is 0.486 e. The van der Waals surface area contributed by atoms with Crippen LogP contribution in [0.3, 0.4) is 0 Å². The molecule has 0 aromatic heterocycles. The summed E-state index contributed by atoms with van der Waals surface area (Å²) in [5.74, 6) is 1.82. The molecule has 29 heavy (non-hydrogen) atoms. The number of ether oxygens (including phenoxy) is 2. The SMILES string of the molecule is O=C(C[NH+]1CCC[C@@H]1c1ccc2c(c1)OCCO2)N[C@@H]1CCCc2ccccc21. The van der Waals surface area contributed by atoms with E-state index in [1.807, 2.05) is 6.07 Å². The number of benzene rings is 2. The molecule has 5 rings (SSSR count). The minimum Gasteiger partial charge on any atom is -0.486 e. The highest BCUT2D eigenvalue weighted by Crippen LogP contribution is 2.33. The molecule has 0 spiro atoms. The highest BCUT2D eigenvalue weighted by atomic mass is 16.6. The number of carbonyl (C=O) groups excluding carboxylic acids is 1. The second-order valence-electron chi connectivity index (χ2n) is 8.39. The van der Waals surface area contributed by atoms with Crippen LogP contribution < -0.4 is 19.7 Å². The van der Waals surface area contributed by atoms with Gasteiger partial charge in [0.15, 0.2) is 18.0 Å². The van der Waals surface area contributed by atoms with Crippen molar-refractivity contribution in [1.29, 1.82) is 0 Å². The van der Waals surface area contributed by atoms with E-state index in [1.54, 1.807) is 0 Å². The molecule has 2 heterocycles. The first-order valence-corrected chi connectivity index (χ1v) is 10.9. The van der Waals surface area contributed by atoms with E-state index in [4.69, 9.17) is 9.47 Å². The molecule has 1 saturated heterocycles. The molecule has 1 amide bonds. The first-order valence-electron chi connectivity index (χ1n) is 10.9. The normalized spacial score (nSPS) is 25.3. The van der Waals surface area contributed by atoms with Crippen molar-refractivity contribution in [2.45, 2.75) is 44.2 Å². The highest BCUT2D eigenvalue weighted by molar-refractivity contribution is 5.77. The van der Waals surface area contributed by atoms with E-state index in [-0.39, 0.29) is 11.9 Å². The molecule has 5 nitrogen and oxygen atoms in total. The van der Waals surface area contributed by atoms with Crippen LogP contribution in [-0.2, 0) is 11.2 Å². The quantitative estimate of drug-likeness (QED) is 0.839. The van der Waals surface area contributed by atoms with Crippen LogP contribution in [0.15, 0.2) is 42.5 Å². The van der Waals surface area contributed by atoms with Gasteiger partial charge in [-0.2, -0.15) is 0 Å². The van der Waals surface area contributed by atoms with E-state index in [0.717, 1.165) is 50.1 Å². The zero-order valence-electron chi connectivity index (χ0n) is 16.8. The summed E-state index contributed by atoms with van der Waals surface area (Å²) < 4.78 is 11.4. The van der Waals surface area contributed by atoms with Crippen molar-refractivity contribution in [2.75, 3.05) is 26.3 Å². The molecule has 2 aliphatic heterocycles. The van der Waals surface area contributed by atoms with E-state index >= 15 is 0 Å². The van der Waals surface area contributed by atoms with Crippen molar-refractivity contribution < 1.29 is 19.2 Å². The topological polar surface area (TPSA) is 52.0 Å². The molecule has 5 heteroatoms. The van der Waals surface area contributed by atoms with Crippen molar-refractivity contribution in [2.24, 2.45) is 0 Å². The molecule has 152 valence electrons. The van der Waals surface area contributed by atoms with E-state index in [0.29, 0.717) is 25.8 Å². The van der Waals surface area contributed by atoms with Crippen LogP contribution in [0.5, 0.6) is 11.5 Å². The van der Waals surface area contributed by atoms with Crippen molar-refractivity contribution in [3.05, 3.63) is 59.2 Å². The summed E-state index contributed by atoms with van der Waals surface area (Å²) in [6, 6.07) is 15.3.